The van der Waals surface area contributed by atoms with Crippen LogP contribution in [0.2, 0.25) is 0 Å². The molecule has 0 fully saturated rings. The van der Waals surface area contributed by atoms with Crippen molar-refractivity contribution in [3.63, 3.8) is 0 Å². The Balaban J connectivity index is 3.17. The van der Waals surface area contributed by atoms with Crippen LogP contribution in [0, 0.1) is 0 Å². The molecular formula is C18H37NO. The minimum absolute atomic E-state index is 0.380. The van der Waals surface area contributed by atoms with E-state index in [9.17, 15) is 4.79 Å². The zero-order valence-electron chi connectivity index (χ0n) is 14.2. The van der Waals surface area contributed by atoms with Crippen LogP contribution in [0.1, 0.15) is 97.8 Å². The fraction of sp³-hybridized carbons (Fsp3) is 0.944. The molecule has 1 atom stereocenters. The highest BCUT2D eigenvalue weighted by atomic mass is 16.1. The average Bonchev–Trinajstić information content (AvgIpc) is 2.46. The zero-order valence-corrected chi connectivity index (χ0v) is 14.2. The van der Waals surface area contributed by atoms with Gasteiger partial charge in [0, 0.05) is 12.5 Å². The molecule has 2 nitrogen and oxygen atoms in total. The first-order valence-electron chi connectivity index (χ1n) is 8.95. The number of hydrogen-bond donors (Lipinski definition) is 1. The number of nitrogens with one attached hydrogen (secondary N) is 1. The van der Waals surface area contributed by atoms with Crippen LogP contribution in [-0.2, 0) is 4.79 Å². The molecule has 0 aliphatic heterocycles. The molecule has 0 radical (unpaired) electrons. The van der Waals surface area contributed by atoms with Gasteiger partial charge in [0.1, 0.15) is 5.78 Å². The first-order chi connectivity index (χ1) is 9.70. The van der Waals surface area contributed by atoms with Crippen LogP contribution in [-0.4, -0.2) is 18.4 Å². The highest BCUT2D eigenvalue weighted by Gasteiger charge is 2.03. The quantitative estimate of drug-likeness (QED) is 0.416. The molecular weight excluding hydrogens is 246 g/mol. The molecule has 0 aliphatic carbocycles. The molecule has 0 saturated heterocycles. The number of rotatable bonds is 15. The summed E-state index contributed by atoms with van der Waals surface area (Å²) in [6.07, 6.45) is 15.1. The molecule has 2 heteroatoms. The predicted molar refractivity (Wildman–Crippen MR) is 89.2 cm³/mol. The van der Waals surface area contributed by atoms with Gasteiger partial charge in [0.15, 0.2) is 0 Å². The van der Waals surface area contributed by atoms with E-state index in [2.05, 4.69) is 26.1 Å². The van der Waals surface area contributed by atoms with Crippen molar-refractivity contribution in [1.29, 1.82) is 0 Å². The van der Waals surface area contributed by atoms with Gasteiger partial charge >= 0.3 is 0 Å². The molecule has 0 rings (SSSR count). The summed E-state index contributed by atoms with van der Waals surface area (Å²) in [5, 5.41) is 3.27. The van der Waals surface area contributed by atoms with E-state index >= 15 is 0 Å². The summed E-state index contributed by atoms with van der Waals surface area (Å²) >= 11 is 0. The summed E-state index contributed by atoms with van der Waals surface area (Å²) in [4.78, 5) is 11.6. The van der Waals surface area contributed by atoms with E-state index in [1.54, 1.807) is 0 Å². The number of Topliss-reactive ketones (excluding diaryl/α,β-unsaturated/α-hetero) is 1. The highest BCUT2D eigenvalue weighted by Crippen LogP contribution is 2.11. The van der Waals surface area contributed by atoms with Gasteiger partial charge in [-0.25, -0.2) is 0 Å². The minimum Gasteiger partial charge on any atom is -0.308 e. The Kier molecular flexibility index (Phi) is 14.7. The van der Waals surface area contributed by atoms with Crippen LogP contribution >= 0.6 is 0 Å². The molecule has 1 unspecified atom stereocenters. The van der Waals surface area contributed by atoms with Crippen molar-refractivity contribution in [2.24, 2.45) is 0 Å². The van der Waals surface area contributed by atoms with Gasteiger partial charge in [0.05, 0.1) is 6.54 Å². The first-order valence-corrected chi connectivity index (χ1v) is 8.95. The molecule has 0 heterocycles. The molecule has 120 valence electrons. The molecule has 20 heavy (non-hydrogen) atoms. The van der Waals surface area contributed by atoms with Gasteiger partial charge < -0.3 is 5.32 Å². The molecule has 0 amide bonds. The van der Waals surface area contributed by atoms with Gasteiger partial charge in [-0.05, 0) is 19.8 Å². The fourth-order valence-corrected chi connectivity index (χ4v) is 2.33. The Morgan fingerprint density at radius 1 is 0.850 bits per heavy atom. The molecule has 0 spiro atoms. The lowest BCUT2D eigenvalue weighted by atomic mass is 10.0. The number of carbonyl (C=O) groups is 1. The van der Waals surface area contributed by atoms with E-state index < -0.39 is 0 Å². The summed E-state index contributed by atoms with van der Waals surface area (Å²) in [7, 11) is 0. The van der Waals surface area contributed by atoms with E-state index in [1.807, 2.05) is 0 Å². The summed E-state index contributed by atoms with van der Waals surface area (Å²) in [5.74, 6) is 0.380. The van der Waals surface area contributed by atoms with Crippen LogP contribution in [0.5, 0.6) is 0 Å². The maximum Gasteiger partial charge on any atom is 0.146 e. The highest BCUT2D eigenvalue weighted by molar-refractivity contribution is 5.80. The van der Waals surface area contributed by atoms with Gasteiger partial charge in [-0.1, -0.05) is 71.6 Å². The lowest BCUT2D eigenvalue weighted by Gasteiger charge is -2.10. The SMILES string of the molecule is CCCCCCCCCCCCC(=O)CNC(C)CC. The third kappa shape index (κ3) is 14.0. The standard InChI is InChI=1S/C18H37NO/c1-4-6-7-8-9-10-11-12-13-14-15-18(20)16-19-17(3)5-2/h17,19H,4-16H2,1-3H3. The van der Waals surface area contributed by atoms with Crippen LogP contribution in [0.25, 0.3) is 0 Å². The summed E-state index contributed by atoms with van der Waals surface area (Å²) in [6, 6.07) is 0.464. The molecule has 0 bridgehead atoms. The summed E-state index contributed by atoms with van der Waals surface area (Å²) in [6.45, 7) is 7.10. The molecule has 0 aromatic carbocycles. The van der Waals surface area contributed by atoms with Gasteiger partial charge in [0.25, 0.3) is 0 Å². The Hall–Kier alpha value is -0.370. The van der Waals surface area contributed by atoms with E-state index in [0.717, 1.165) is 19.3 Å². The Bertz CT molecular complexity index is 215. The lowest BCUT2D eigenvalue weighted by molar-refractivity contribution is -0.118. The van der Waals surface area contributed by atoms with Crippen LogP contribution in [0.15, 0.2) is 0 Å². The normalized spacial score (nSPS) is 12.6. The van der Waals surface area contributed by atoms with Gasteiger partial charge in [0.2, 0.25) is 0 Å². The van der Waals surface area contributed by atoms with Crippen molar-refractivity contribution < 1.29 is 4.79 Å². The van der Waals surface area contributed by atoms with E-state index in [4.69, 9.17) is 0 Å². The third-order valence-corrected chi connectivity index (χ3v) is 4.07. The number of unbranched alkanes of at least 4 members (excludes halogenated alkanes) is 9. The first kappa shape index (κ1) is 19.6. The molecule has 0 aliphatic rings. The smallest absolute Gasteiger partial charge is 0.146 e. The van der Waals surface area contributed by atoms with Crippen LogP contribution in [0.4, 0.5) is 0 Å². The Morgan fingerprint density at radius 2 is 1.35 bits per heavy atom. The van der Waals surface area contributed by atoms with E-state index in [0.29, 0.717) is 18.4 Å². The van der Waals surface area contributed by atoms with Gasteiger partial charge in [-0.15, -0.1) is 0 Å². The van der Waals surface area contributed by atoms with Crippen molar-refractivity contribution >= 4 is 5.78 Å². The maximum atomic E-state index is 11.6. The van der Waals surface area contributed by atoms with Crippen molar-refractivity contribution in [1.82, 2.24) is 5.32 Å². The number of carbonyl (C=O) groups excluding carboxylic acids is 1. The fourth-order valence-electron chi connectivity index (χ4n) is 2.33. The average molecular weight is 284 g/mol. The van der Waals surface area contributed by atoms with Crippen molar-refractivity contribution in [3.05, 3.63) is 0 Å². The molecule has 0 aromatic heterocycles. The second-order valence-corrected chi connectivity index (χ2v) is 6.16. The largest absolute Gasteiger partial charge is 0.308 e. The summed E-state index contributed by atoms with van der Waals surface area (Å²) < 4.78 is 0. The van der Waals surface area contributed by atoms with Gasteiger partial charge in [-0.3, -0.25) is 4.79 Å². The number of hydrogen-bond acceptors (Lipinski definition) is 2. The second-order valence-electron chi connectivity index (χ2n) is 6.16. The molecule has 0 saturated carbocycles. The summed E-state index contributed by atoms with van der Waals surface area (Å²) in [5.41, 5.74) is 0. The van der Waals surface area contributed by atoms with Gasteiger partial charge in [-0.2, -0.15) is 0 Å². The molecule has 0 aromatic rings. The Labute approximate surface area is 127 Å². The number of ketones is 1. The topological polar surface area (TPSA) is 29.1 Å². The van der Waals surface area contributed by atoms with Crippen molar-refractivity contribution in [2.45, 2.75) is 104 Å². The van der Waals surface area contributed by atoms with E-state index in [1.165, 1.54) is 57.8 Å². The molecule has 1 N–H and O–H groups in total. The monoisotopic (exact) mass is 283 g/mol. The van der Waals surface area contributed by atoms with Crippen molar-refractivity contribution in [3.8, 4) is 0 Å². The third-order valence-electron chi connectivity index (χ3n) is 4.07. The van der Waals surface area contributed by atoms with Crippen LogP contribution in [0.3, 0.4) is 0 Å². The minimum atomic E-state index is 0.380. The second kappa shape index (κ2) is 15.0. The van der Waals surface area contributed by atoms with Crippen LogP contribution < -0.4 is 5.32 Å². The predicted octanol–water partition coefficient (Wildman–Crippen LogP) is 5.25. The van der Waals surface area contributed by atoms with Crippen molar-refractivity contribution in [2.75, 3.05) is 6.54 Å². The van der Waals surface area contributed by atoms with E-state index in [-0.39, 0.29) is 0 Å². The lowest BCUT2D eigenvalue weighted by Crippen LogP contribution is -2.30. The maximum absolute atomic E-state index is 11.6. The Morgan fingerprint density at radius 3 is 1.85 bits per heavy atom. The zero-order chi connectivity index (χ0) is 15.1.